The monoisotopic (exact) mass is 380 g/mol. The number of amides is 2. The quantitative estimate of drug-likeness (QED) is 0.756. The lowest BCUT2D eigenvalue weighted by molar-refractivity contribution is -0.127. The van der Waals surface area contributed by atoms with Gasteiger partial charge in [0.25, 0.3) is 11.8 Å². The fourth-order valence-corrected chi connectivity index (χ4v) is 3.38. The van der Waals surface area contributed by atoms with Crippen molar-refractivity contribution in [2.24, 2.45) is 0 Å². The number of hydrogen-bond acceptors (Lipinski definition) is 5. The molecule has 7 nitrogen and oxygen atoms in total. The van der Waals surface area contributed by atoms with E-state index >= 15 is 0 Å². The third kappa shape index (κ3) is 2.85. The maximum Gasteiger partial charge on any atom is 0.294 e. The maximum atomic E-state index is 13.4. The molecule has 7 heteroatoms. The van der Waals surface area contributed by atoms with Crippen molar-refractivity contribution in [3.8, 4) is 11.5 Å². The van der Waals surface area contributed by atoms with Crippen molar-refractivity contribution in [1.82, 2.24) is 5.32 Å². The summed E-state index contributed by atoms with van der Waals surface area (Å²) in [6.45, 7) is 1.93. The number of fused-ring (bicyclic) bond motifs is 2. The Balaban J connectivity index is 1.77. The number of para-hydroxylation sites is 2. The third-order valence-corrected chi connectivity index (χ3v) is 4.90. The number of aryl methyl sites for hydroxylation is 1. The zero-order valence-electron chi connectivity index (χ0n) is 15.8. The van der Waals surface area contributed by atoms with Gasteiger partial charge in [0.15, 0.2) is 11.9 Å². The maximum absolute atomic E-state index is 13.4. The highest BCUT2D eigenvalue weighted by Gasteiger charge is 2.35. The zero-order valence-corrected chi connectivity index (χ0v) is 15.8. The Hall–Kier alpha value is -3.48. The molecule has 1 aliphatic rings. The van der Waals surface area contributed by atoms with Crippen LogP contribution in [0.5, 0.6) is 11.5 Å². The van der Waals surface area contributed by atoms with Crippen molar-refractivity contribution in [1.29, 1.82) is 0 Å². The average molecular weight is 380 g/mol. The number of nitrogens with zero attached hydrogens (tertiary/aromatic N) is 1. The number of nitrogens with one attached hydrogen (secondary N) is 1. The highest BCUT2D eigenvalue weighted by Crippen LogP contribution is 2.36. The molecule has 0 radical (unpaired) electrons. The average Bonchev–Trinajstić information content (AvgIpc) is 3.07. The third-order valence-electron chi connectivity index (χ3n) is 4.90. The van der Waals surface area contributed by atoms with Gasteiger partial charge in [-0.15, -0.1) is 0 Å². The van der Waals surface area contributed by atoms with Gasteiger partial charge in [0.05, 0.1) is 19.3 Å². The Labute approximate surface area is 161 Å². The molecular weight excluding hydrogens is 360 g/mol. The second-order valence-electron chi connectivity index (χ2n) is 6.52. The van der Waals surface area contributed by atoms with Crippen LogP contribution in [-0.4, -0.2) is 38.6 Å². The number of ether oxygens (including phenoxy) is 2. The van der Waals surface area contributed by atoms with Crippen LogP contribution in [0.25, 0.3) is 11.0 Å². The van der Waals surface area contributed by atoms with E-state index in [0.29, 0.717) is 22.8 Å². The molecule has 1 aliphatic heterocycles. The molecule has 1 unspecified atom stereocenters. The lowest BCUT2D eigenvalue weighted by atomic mass is 10.1. The van der Waals surface area contributed by atoms with Crippen molar-refractivity contribution >= 4 is 28.5 Å². The molecule has 2 aromatic carbocycles. The first-order chi connectivity index (χ1) is 13.5. The van der Waals surface area contributed by atoms with Crippen LogP contribution in [-0.2, 0) is 4.79 Å². The zero-order chi connectivity index (χ0) is 19.8. The SMILES string of the molecule is CNC(=O)C1CN(C(=O)c2oc3ccc(OC)cc3c2C)c2ccccc2O1. The Bertz CT molecular complexity index is 1070. The van der Waals surface area contributed by atoms with Crippen LogP contribution in [0.15, 0.2) is 46.9 Å². The summed E-state index contributed by atoms with van der Waals surface area (Å²) in [5.41, 5.74) is 1.93. The predicted molar refractivity (Wildman–Crippen MR) is 104 cm³/mol. The highest BCUT2D eigenvalue weighted by molar-refractivity contribution is 6.09. The van der Waals surface area contributed by atoms with Gasteiger partial charge >= 0.3 is 0 Å². The molecule has 0 saturated carbocycles. The standard InChI is InChI=1S/C21H20N2O5/c1-12-14-10-13(26-3)8-9-16(14)28-19(12)21(25)23-11-18(20(24)22-2)27-17-7-5-4-6-15(17)23/h4-10,18H,11H2,1-3H3,(H,22,24). The van der Waals surface area contributed by atoms with Crippen molar-refractivity contribution in [2.45, 2.75) is 13.0 Å². The fraction of sp³-hybridized carbons (Fsp3) is 0.238. The lowest BCUT2D eigenvalue weighted by Gasteiger charge is -2.33. The molecule has 1 aromatic heterocycles. The van der Waals surface area contributed by atoms with E-state index in [0.717, 1.165) is 10.9 Å². The first-order valence-corrected chi connectivity index (χ1v) is 8.89. The van der Waals surface area contributed by atoms with E-state index in [2.05, 4.69) is 5.32 Å². The summed E-state index contributed by atoms with van der Waals surface area (Å²) in [4.78, 5) is 27.1. The van der Waals surface area contributed by atoms with E-state index in [1.165, 1.54) is 11.9 Å². The minimum Gasteiger partial charge on any atom is -0.497 e. The van der Waals surface area contributed by atoms with Crippen molar-refractivity contribution in [3.05, 3.63) is 53.8 Å². The highest BCUT2D eigenvalue weighted by atomic mass is 16.5. The second-order valence-corrected chi connectivity index (χ2v) is 6.52. The Morgan fingerprint density at radius 1 is 1.21 bits per heavy atom. The fourth-order valence-electron chi connectivity index (χ4n) is 3.38. The normalized spacial score (nSPS) is 15.7. The first kappa shape index (κ1) is 17.9. The number of furan rings is 1. The predicted octanol–water partition coefficient (Wildman–Crippen LogP) is 2.90. The summed E-state index contributed by atoms with van der Waals surface area (Å²) in [5, 5.41) is 3.38. The van der Waals surface area contributed by atoms with Gasteiger partial charge in [-0.25, -0.2) is 0 Å². The Morgan fingerprint density at radius 3 is 2.75 bits per heavy atom. The molecule has 28 heavy (non-hydrogen) atoms. The van der Waals surface area contributed by atoms with Crippen LogP contribution in [0.1, 0.15) is 16.1 Å². The number of benzene rings is 2. The molecule has 4 rings (SSSR count). The van der Waals surface area contributed by atoms with Gasteiger partial charge in [-0.3, -0.25) is 14.5 Å². The molecular formula is C21H20N2O5. The lowest BCUT2D eigenvalue weighted by Crippen LogP contribution is -2.50. The van der Waals surface area contributed by atoms with Crippen LogP contribution < -0.4 is 19.7 Å². The number of rotatable bonds is 3. The van der Waals surface area contributed by atoms with Crippen molar-refractivity contribution in [3.63, 3.8) is 0 Å². The number of methoxy groups -OCH3 is 1. The smallest absolute Gasteiger partial charge is 0.294 e. The summed E-state index contributed by atoms with van der Waals surface area (Å²) >= 11 is 0. The summed E-state index contributed by atoms with van der Waals surface area (Å²) in [6, 6.07) is 12.5. The summed E-state index contributed by atoms with van der Waals surface area (Å²) in [7, 11) is 3.13. The minimum absolute atomic E-state index is 0.0926. The van der Waals surface area contributed by atoms with Crippen LogP contribution in [0.4, 0.5) is 5.69 Å². The number of carbonyl (C=O) groups excluding carboxylic acids is 2. The van der Waals surface area contributed by atoms with Gasteiger partial charge in [-0.05, 0) is 37.3 Å². The van der Waals surface area contributed by atoms with Crippen molar-refractivity contribution in [2.75, 3.05) is 25.6 Å². The summed E-state index contributed by atoms with van der Waals surface area (Å²) in [5.74, 6) is 0.782. The van der Waals surface area contributed by atoms with E-state index in [4.69, 9.17) is 13.9 Å². The molecule has 2 heterocycles. The van der Waals surface area contributed by atoms with Gasteiger partial charge in [0.2, 0.25) is 0 Å². The van der Waals surface area contributed by atoms with Gasteiger partial charge in [0, 0.05) is 18.0 Å². The Kier molecular flexibility index (Phi) is 4.43. The van der Waals surface area contributed by atoms with E-state index in [9.17, 15) is 9.59 Å². The first-order valence-electron chi connectivity index (χ1n) is 8.89. The number of carbonyl (C=O) groups is 2. The molecule has 0 spiro atoms. The Morgan fingerprint density at radius 2 is 2.00 bits per heavy atom. The van der Waals surface area contributed by atoms with E-state index in [1.54, 1.807) is 37.4 Å². The van der Waals surface area contributed by atoms with Crippen molar-refractivity contribution < 1.29 is 23.5 Å². The minimum atomic E-state index is -0.798. The van der Waals surface area contributed by atoms with Gasteiger partial charge in [-0.2, -0.15) is 0 Å². The topological polar surface area (TPSA) is 81.0 Å². The number of anilines is 1. The van der Waals surface area contributed by atoms with E-state index in [-0.39, 0.29) is 24.1 Å². The van der Waals surface area contributed by atoms with Gasteiger partial charge in [0.1, 0.15) is 17.1 Å². The van der Waals surface area contributed by atoms with Crippen LogP contribution in [0.3, 0.4) is 0 Å². The molecule has 0 saturated heterocycles. The second kappa shape index (κ2) is 6.92. The molecule has 0 bridgehead atoms. The van der Waals surface area contributed by atoms with Gasteiger partial charge < -0.3 is 19.2 Å². The number of likely N-dealkylation sites (N-methyl/N-ethyl adjacent to an activating group) is 1. The van der Waals surface area contributed by atoms with Crippen LogP contribution in [0.2, 0.25) is 0 Å². The van der Waals surface area contributed by atoms with E-state index in [1.807, 2.05) is 19.1 Å². The van der Waals surface area contributed by atoms with Gasteiger partial charge in [-0.1, -0.05) is 12.1 Å². The molecule has 144 valence electrons. The largest absolute Gasteiger partial charge is 0.497 e. The van der Waals surface area contributed by atoms with Crippen LogP contribution >= 0.6 is 0 Å². The summed E-state index contributed by atoms with van der Waals surface area (Å²) in [6.07, 6.45) is -0.798. The molecule has 2 amide bonds. The molecule has 1 N–H and O–H groups in total. The molecule has 1 atom stereocenters. The molecule has 3 aromatic rings. The summed E-state index contributed by atoms with van der Waals surface area (Å²) < 4.78 is 16.9. The van der Waals surface area contributed by atoms with E-state index < -0.39 is 6.10 Å². The molecule has 0 aliphatic carbocycles. The van der Waals surface area contributed by atoms with Crippen LogP contribution in [0, 0.1) is 6.92 Å². The number of hydrogen-bond donors (Lipinski definition) is 1. The molecule has 0 fully saturated rings.